The number of carbonyl (C=O) groups excluding carboxylic acids is 1. The molecular weight excluding hydrogens is 591 g/mol. The number of halogens is 2. The van der Waals surface area contributed by atoms with E-state index in [0.717, 1.165) is 49.0 Å². The van der Waals surface area contributed by atoms with Crippen molar-refractivity contribution in [3.05, 3.63) is 97.2 Å². The van der Waals surface area contributed by atoms with Crippen molar-refractivity contribution in [2.24, 2.45) is 4.99 Å². The van der Waals surface area contributed by atoms with Crippen molar-refractivity contribution in [2.75, 3.05) is 11.5 Å². The second-order valence-corrected chi connectivity index (χ2v) is 9.98. The lowest BCUT2D eigenvalue weighted by Crippen LogP contribution is -2.33. The molecular formula is C27H24BrIN2O2. The maximum absolute atomic E-state index is 13.5. The normalized spacial score (nSPS) is 14.7. The van der Waals surface area contributed by atoms with Crippen molar-refractivity contribution in [3.63, 3.8) is 0 Å². The van der Waals surface area contributed by atoms with Crippen LogP contribution in [0, 0.1) is 10.5 Å². The number of rotatable bonds is 7. The minimum atomic E-state index is -0.138. The van der Waals surface area contributed by atoms with E-state index in [2.05, 4.69) is 51.5 Å². The fourth-order valence-electron chi connectivity index (χ4n) is 3.56. The zero-order valence-electron chi connectivity index (χ0n) is 18.5. The summed E-state index contributed by atoms with van der Waals surface area (Å²) in [6, 6.07) is 21.7. The Balaban J connectivity index is 1.73. The highest BCUT2D eigenvalue weighted by Gasteiger charge is 2.33. The highest BCUT2D eigenvalue weighted by molar-refractivity contribution is 14.1. The first-order valence-electron chi connectivity index (χ1n) is 10.9. The molecule has 0 bridgehead atoms. The smallest absolute Gasteiger partial charge is 0.282 e. The van der Waals surface area contributed by atoms with Crippen molar-refractivity contribution < 1.29 is 9.53 Å². The Morgan fingerprint density at radius 1 is 1.06 bits per heavy atom. The van der Waals surface area contributed by atoms with Crippen LogP contribution in [0.3, 0.4) is 0 Å². The molecule has 0 saturated carbocycles. The summed E-state index contributed by atoms with van der Waals surface area (Å²) in [7, 11) is 0. The molecule has 1 aliphatic rings. The van der Waals surface area contributed by atoms with E-state index in [1.54, 1.807) is 4.90 Å². The van der Waals surface area contributed by atoms with Crippen LogP contribution in [0.2, 0.25) is 0 Å². The standard InChI is InChI=1S/C27H24BrIN2O2/c1-3-4-15-33-23-12-7-20(8-13-23)26-30-24(17-19-5-9-21(28)10-6-19)27(32)31(26)25-14-11-22(29)16-18(25)2/h5-14,16-17H,3-4,15H2,1-2H3/b24-17-. The maximum Gasteiger partial charge on any atom is 0.282 e. The van der Waals surface area contributed by atoms with Gasteiger partial charge in [0.1, 0.15) is 17.3 Å². The first-order chi connectivity index (χ1) is 16.0. The van der Waals surface area contributed by atoms with Crippen molar-refractivity contribution >= 4 is 62.0 Å². The zero-order chi connectivity index (χ0) is 23.4. The second kappa shape index (κ2) is 10.7. The van der Waals surface area contributed by atoms with Crippen LogP contribution in [0.15, 0.2) is 81.9 Å². The van der Waals surface area contributed by atoms with Crippen molar-refractivity contribution in [3.8, 4) is 5.75 Å². The molecule has 0 radical (unpaired) electrons. The molecule has 3 aromatic rings. The fourth-order valence-corrected chi connectivity index (χ4v) is 4.47. The summed E-state index contributed by atoms with van der Waals surface area (Å²) >= 11 is 5.74. The number of unbranched alkanes of at least 4 members (excludes halogenated alkanes) is 1. The molecule has 4 rings (SSSR count). The van der Waals surface area contributed by atoms with Gasteiger partial charge in [-0.25, -0.2) is 4.99 Å². The van der Waals surface area contributed by atoms with Gasteiger partial charge >= 0.3 is 0 Å². The first-order valence-corrected chi connectivity index (χ1v) is 12.7. The Labute approximate surface area is 216 Å². The Morgan fingerprint density at radius 2 is 1.79 bits per heavy atom. The summed E-state index contributed by atoms with van der Waals surface area (Å²) in [6.07, 6.45) is 3.95. The van der Waals surface area contributed by atoms with E-state index in [9.17, 15) is 4.79 Å². The number of aryl methyl sites for hydroxylation is 1. The van der Waals surface area contributed by atoms with E-state index in [4.69, 9.17) is 9.73 Å². The summed E-state index contributed by atoms with van der Waals surface area (Å²) < 4.78 is 7.92. The molecule has 1 amide bonds. The van der Waals surface area contributed by atoms with Crippen LogP contribution >= 0.6 is 38.5 Å². The van der Waals surface area contributed by atoms with Gasteiger partial charge in [0.2, 0.25) is 0 Å². The fraction of sp³-hybridized carbons (Fsp3) is 0.185. The van der Waals surface area contributed by atoms with Gasteiger partial charge < -0.3 is 4.74 Å². The van der Waals surface area contributed by atoms with Crippen LogP contribution < -0.4 is 9.64 Å². The van der Waals surface area contributed by atoms with Crippen molar-refractivity contribution in [2.45, 2.75) is 26.7 Å². The third kappa shape index (κ3) is 5.55. The van der Waals surface area contributed by atoms with Gasteiger partial charge in [0.15, 0.2) is 0 Å². The minimum absolute atomic E-state index is 0.138. The van der Waals surface area contributed by atoms with Gasteiger partial charge in [0.05, 0.1) is 12.3 Å². The Morgan fingerprint density at radius 3 is 2.45 bits per heavy atom. The number of carbonyl (C=O) groups is 1. The number of aliphatic imine (C=N–C) groups is 1. The largest absolute Gasteiger partial charge is 0.494 e. The molecule has 0 spiro atoms. The molecule has 6 heteroatoms. The predicted molar refractivity (Wildman–Crippen MR) is 147 cm³/mol. The van der Waals surface area contributed by atoms with Crippen LogP contribution in [0.5, 0.6) is 5.75 Å². The molecule has 0 aromatic heterocycles. The van der Waals surface area contributed by atoms with Crippen LogP contribution in [-0.4, -0.2) is 18.3 Å². The molecule has 1 heterocycles. The SMILES string of the molecule is CCCCOc1ccc(C2=N/C(=C\c3ccc(Br)cc3)C(=O)N2c2ccc(I)cc2C)cc1. The number of amides is 1. The predicted octanol–water partition coefficient (Wildman–Crippen LogP) is 7.38. The number of ether oxygens (including phenoxy) is 1. The molecule has 0 fully saturated rings. The maximum atomic E-state index is 13.5. The van der Waals surface area contributed by atoms with E-state index in [1.165, 1.54) is 0 Å². The third-order valence-corrected chi connectivity index (χ3v) is 6.51. The molecule has 0 atom stereocenters. The lowest BCUT2D eigenvalue weighted by molar-refractivity contribution is -0.113. The molecule has 33 heavy (non-hydrogen) atoms. The van der Waals surface area contributed by atoms with Gasteiger partial charge in [-0.2, -0.15) is 0 Å². The number of anilines is 1. The third-order valence-electron chi connectivity index (χ3n) is 5.31. The Kier molecular flexibility index (Phi) is 7.65. The van der Waals surface area contributed by atoms with Gasteiger partial charge in [-0.3, -0.25) is 9.69 Å². The number of nitrogens with zero attached hydrogens (tertiary/aromatic N) is 2. The van der Waals surface area contributed by atoms with E-state index in [-0.39, 0.29) is 5.91 Å². The first kappa shape index (κ1) is 23.7. The monoisotopic (exact) mass is 614 g/mol. The van der Waals surface area contributed by atoms with Gasteiger partial charge in [0, 0.05) is 13.6 Å². The van der Waals surface area contributed by atoms with Gasteiger partial charge in [0.25, 0.3) is 5.91 Å². The molecule has 0 aliphatic carbocycles. The molecule has 0 saturated heterocycles. The van der Waals surface area contributed by atoms with Gasteiger partial charge in [-0.05, 0) is 108 Å². The number of benzene rings is 3. The highest BCUT2D eigenvalue weighted by atomic mass is 127. The minimum Gasteiger partial charge on any atom is -0.494 e. The summed E-state index contributed by atoms with van der Waals surface area (Å²) in [5, 5.41) is 0. The topological polar surface area (TPSA) is 41.9 Å². The van der Waals surface area contributed by atoms with Gasteiger partial charge in [-0.1, -0.05) is 41.4 Å². The highest BCUT2D eigenvalue weighted by Crippen LogP contribution is 2.31. The summed E-state index contributed by atoms with van der Waals surface area (Å²) in [5.41, 5.74) is 4.05. The lowest BCUT2D eigenvalue weighted by Gasteiger charge is -2.21. The summed E-state index contributed by atoms with van der Waals surface area (Å²) in [4.78, 5) is 20.0. The summed E-state index contributed by atoms with van der Waals surface area (Å²) in [6.45, 7) is 4.86. The number of hydrogen-bond donors (Lipinski definition) is 0. The number of hydrogen-bond acceptors (Lipinski definition) is 3. The molecule has 3 aromatic carbocycles. The van der Waals surface area contributed by atoms with Crippen LogP contribution in [0.4, 0.5) is 5.69 Å². The molecule has 1 aliphatic heterocycles. The molecule has 0 unspecified atom stereocenters. The van der Waals surface area contributed by atoms with Crippen LogP contribution in [-0.2, 0) is 4.79 Å². The van der Waals surface area contributed by atoms with Crippen molar-refractivity contribution in [1.82, 2.24) is 0 Å². The van der Waals surface area contributed by atoms with E-state index in [1.807, 2.05) is 73.7 Å². The quantitative estimate of drug-likeness (QED) is 0.158. The zero-order valence-corrected chi connectivity index (χ0v) is 22.3. The molecule has 168 valence electrons. The lowest BCUT2D eigenvalue weighted by atomic mass is 10.1. The van der Waals surface area contributed by atoms with E-state index < -0.39 is 0 Å². The molecule has 0 N–H and O–H groups in total. The summed E-state index contributed by atoms with van der Waals surface area (Å²) in [5.74, 6) is 1.30. The average Bonchev–Trinajstić information content (AvgIpc) is 3.12. The Hall–Kier alpha value is -2.45. The van der Waals surface area contributed by atoms with Crippen LogP contribution in [0.25, 0.3) is 6.08 Å². The van der Waals surface area contributed by atoms with Crippen LogP contribution in [0.1, 0.15) is 36.5 Å². The second-order valence-electron chi connectivity index (χ2n) is 7.81. The van der Waals surface area contributed by atoms with Crippen molar-refractivity contribution in [1.29, 1.82) is 0 Å². The molecule has 4 nitrogen and oxygen atoms in total. The Bertz CT molecular complexity index is 1220. The average molecular weight is 615 g/mol. The number of amidine groups is 1. The van der Waals surface area contributed by atoms with Gasteiger partial charge in [-0.15, -0.1) is 0 Å². The van der Waals surface area contributed by atoms with E-state index in [0.29, 0.717) is 18.1 Å². The van der Waals surface area contributed by atoms with E-state index >= 15 is 0 Å².